The molecule has 7 nitrogen and oxygen atoms in total. The van der Waals surface area contributed by atoms with Gasteiger partial charge in [-0.05, 0) is 25.6 Å². The summed E-state index contributed by atoms with van der Waals surface area (Å²) in [5.74, 6) is -0.552. The minimum Gasteiger partial charge on any atom is -0.384 e. The molecule has 112 valence electrons. The van der Waals surface area contributed by atoms with Gasteiger partial charge < -0.3 is 10.6 Å². The Bertz CT molecular complexity index is 528. The molecule has 0 unspecified atom stereocenters. The van der Waals surface area contributed by atoms with E-state index >= 15 is 0 Å². The maximum atomic E-state index is 11.7. The average Bonchev–Trinajstić information content (AvgIpc) is 2.45. The van der Waals surface area contributed by atoms with Crippen molar-refractivity contribution in [3.63, 3.8) is 0 Å². The zero-order valence-corrected chi connectivity index (χ0v) is 12.5. The Balaban J connectivity index is 2.47. The maximum absolute atomic E-state index is 11.7. The van der Waals surface area contributed by atoms with Gasteiger partial charge in [0.05, 0.1) is 17.6 Å². The van der Waals surface area contributed by atoms with Gasteiger partial charge in [-0.25, -0.2) is 18.1 Å². The van der Waals surface area contributed by atoms with Crippen LogP contribution in [0, 0.1) is 0 Å². The van der Waals surface area contributed by atoms with Gasteiger partial charge in [0.2, 0.25) is 10.0 Å². The summed E-state index contributed by atoms with van der Waals surface area (Å²) in [4.78, 5) is 15.8. The standard InChI is InChI=1S/C12H20N4O3S/c1-3-6-14-10-4-5-11(16-9-10)12(17)15-7-8-20(18,19)13-2/h4-5,9,13-14H,3,6-8H2,1-2H3,(H,15,17). The normalized spacial score (nSPS) is 11.1. The average molecular weight is 300 g/mol. The van der Waals surface area contributed by atoms with Crippen LogP contribution in [0.25, 0.3) is 0 Å². The van der Waals surface area contributed by atoms with Gasteiger partial charge in [0.1, 0.15) is 5.69 Å². The fourth-order valence-corrected chi connectivity index (χ4v) is 1.97. The molecular formula is C12H20N4O3S. The monoisotopic (exact) mass is 300 g/mol. The third-order valence-corrected chi connectivity index (χ3v) is 3.91. The van der Waals surface area contributed by atoms with Crippen molar-refractivity contribution in [3.8, 4) is 0 Å². The number of sulfonamides is 1. The Morgan fingerprint density at radius 2 is 2.05 bits per heavy atom. The fraction of sp³-hybridized carbons (Fsp3) is 0.500. The number of hydrogen-bond donors (Lipinski definition) is 3. The quantitative estimate of drug-likeness (QED) is 0.636. The predicted molar refractivity (Wildman–Crippen MR) is 78.2 cm³/mol. The van der Waals surface area contributed by atoms with Gasteiger partial charge in [-0.15, -0.1) is 0 Å². The van der Waals surface area contributed by atoms with E-state index in [1.54, 1.807) is 18.3 Å². The van der Waals surface area contributed by atoms with Gasteiger partial charge in [-0.2, -0.15) is 0 Å². The molecule has 0 spiro atoms. The molecule has 1 rings (SSSR count). The number of rotatable bonds is 8. The summed E-state index contributed by atoms with van der Waals surface area (Å²) in [5.41, 5.74) is 1.11. The second kappa shape index (κ2) is 7.81. The van der Waals surface area contributed by atoms with Crippen LogP contribution >= 0.6 is 0 Å². The first-order chi connectivity index (χ1) is 9.48. The molecule has 0 fully saturated rings. The fourth-order valence-electron chi connectivity index (χ4n) is 1.39. The van der Waals surface area contributed by atoms with E-state index in [9.17, 15) is 13.2 Å². The van der Waals surface area contributed by atoms with Gasteiger partial charge in [0.25, 0.3) is 5.91 Å². The summed E-state index contributed by atoms with van der Waals surface area (Å²) < 4.78 is 24.5. The summed E-state index contributed by atoms with van der Waals surface area (Å²) in [6, 6.07) is 3.36. The summed E-state index contributed by atoms with van der Waals surface area (Å²) in [5, 5.41) is 5.66. The van der Waals surface area contributed by atoms with Crippen LogP contribution in [0.2, 0.25) is 0 Å². The molecule has 1 aromatic rings. The molecule has 0 bridgehead atoms. The van der Waals surface area contributed by atoms with Crippen molar-refractivity contribution < 1.29 is 13.2 Å². The van der Waals surface area contributed by atoms with Crippen LogP contribution in [0.4, 0.5) is 5.69 Å². The Morgan fingerprint density at radius 1 is 1.30 bits per heavy atom. The van der Waals surface area contributed by atoms with Crippen molar-refractivity contribution in [2.24, 2.45) is 0 Å². The van der Waals surface area contributed by atoms with Crippen LogP contribution in [-0.2, 0) is 10.0 Å². The maximum Gasteiger partial charge on any atom is 0.269 e. The summed E-state index contributed by atoms with van der Waals surface area (Å²) in [6.45, 7) is 2.94. The van der Waals surface area contributed by atoms with Crippen molar-refractivity contribution >= 4 is 21.6 Å². The Kier molecular flexibility index (Phi) is 6.40. The first-order valence-electron chi connectivity index (χ1n) is 6.38. The highest BCUT2D eigenvalue weighted by atomic mass is 32.2. The molecule has 0 saturated heterocycles. The SMILES string of the molecule is CCCNc1ccc(C(=O)NCCS(=O)(=O)NC)nc1. The smallest absolute Gasteiger partial charge is 0.269 e. The van der Waals surface area contributed by atoms with E-state index in [0.717, 1.165) is 18.7 Å². The van der Waals surface area contributed by atoms with Crippen molar-refractivity contribution in [1.29, 1.82) is 0 Å². The number of pyridine rings is 1. The van der Waals surface area contributed by atoms with Gasteiger partial charge in [0, 0.05) is 13.1 Å². The lowest BCUT2D eigenvalue weighted by molar-refractivity contribution is 0.0951. The van der Waals surface area contributed by atoms with Gasteiger partial charge in [-0.1, -0.05) is 6.92 Å². The van der Waals surface area contributed by atoms with Gasteiger partial charge in [0.15, 0.2) is 0 Å². The molecule has 0 aromatic carbocycles. The molecule has 1 aromatic heterocycles. The molecule has 0 atom stereocenters. The lowest BCUT2D eigenvalue weighted by Gasteiger charge is -2.07. The lowest BCUT2D eigenvalue weighted by Crippen LogP contribution is -2.33. The van der Waals surface area contributed by atoms with Crippen LogP contribution in [0.3, 0.4) is 0 Å². The minimum atomic E-state index is -3.31. The largest absolute Gasteiger partial charge is 0.384 e. The molecule has 3 N–H and O–H groups in total. The molecular weight excluding hydrogens is 280 g/mol. The van der Waals surface area contributed by atoms with E-state index in [4.69, 9.17) is 0 Å². The highest BCUT2D eigenvalue weighted by Gasteiger charge is 2.10. The second-order valence-corrected chi connectivity index (χ2v) is 6.18. The first-order valence-corrected chi connectivity index (χ1v) is 8.03. The van der Waals surface area contributed by atoms with E-state index in [2.05, 4.69) is 27.3 Å². The van der Waals surface area contributed by atoms with Crippen LogP contribution in [0.5, 0.6) is 0 Å². The first kappa shape index (κ1) is 16.4. The van der Waals surface area contributed by atoms with E-state index < -0.39 is 15.9 Å². The lowest BCUT2D eigenvalue weighted by atomic mass is 10.3. The number of nitrogens with one attached hydrogen (secondary N) is 3. The highest BCUT2D eigenvalue weighted by Crippen LogP contribution is 2.05. The number of amides is 1. The number of anilines is 1. The van der Waals surface area contributed by atoms with Crippen LogP contribution in [-0.4, -0.2) is 45.2 Å². The topological polar surface area (TPSA) is 100 Å². The molecule has 0 aliphatic carbocycles. The second-order valence-electron chi connectivity index (χ2n) is 4.14. The number of hydrogen-bond acceptors (Lipinski definition) is 5. The zero-order chi connectivity index (χ0) is 15.0. The molecule has 0 aliphatic rings. The van der Waals surface area contributed by atoms with Crippen molar-refractivity contribution in [2.45, 2.75) is 13.3 Å². The molecule has 1 amide bonds. The summed E-state index contributed by atoms with van der Waals surface area (Å²) in [6.07, 6.45) is 2.58. The van der Waals surface area contributed by atoms with Crippen LogP contribution in [0.1, 0.15) is 23.8 Å². The summed E-state index contributed by atoms with van der Waals surface area (Å²) >= 11 is 0. The number of aromatic nitrogens is 1. The van der Waals surface area contributed by atoms with Gasteiger partial charge in [-0.3, -0.25) is 4.79 Å². The van der Waals surface area contributed by atoms with Crippen molar-refractivity contribution in [1.82, 2.24) is 15.0 Å². The zero-order valence-electron chi connectivity index (χ0n) is 11.6. The van der Waals surface area contributed by atoms with E-state index in [1.165, 1.54) is 7.05 Å². The molecule has 1 heterocycles. The Morgan fingerprint density at radius 3 is 2.60 bits per heavy atom. The van der Waals surface area contributed by atoms with Crippen molar-refractivity contribution in [3.05, 3.63) is 24.0 Å². The third-order valence-electron chi connectivity index (χ3n) is 2.54. The highest BCUT2D eigenvalue weighted by molar-refractivity contribution is 7.89. The number of carbonyl (C=O) groups excluding carboxylic acids is 1. The molecule has 0 radical (unpaired) electrons. The number of carbonyl (C=O) groups is 1. The predicted octanol–water partition coefficient (Wildman–Crippen LogP) is 0.183. The minimum absolute atomic E-state index is 0.0412. The molecule has 8 heteroatoms. The molecule has 0 aliphatic heterocycles. The third kappa shape index (κ3) is 5.54. The molecule has 0 saturated carbocycles. The van der Waals surface area contributed by atoms with E-state index in [-0.39, 0.29) is 18.0 Å². The number of nitrogens with zero attached hydrogens (tertiary/aromatic N) is 1. The Labute approximate surface area is 119 Å². The van der Waals surface area contributed by atoms with E-state index in [0.29, 0.717) is 0 Å². The Hall–Kier alpha value is -1.67. The van der Waals surface area contributed by atoms with Gasteiger partial charge >= 0.3 is 0 Å². The van der Waals surface area contributed by atoms with E-state index in [1.807, 2.05) is 0 Å². The molecule has 20 heavy (non-hydrogen) atoms. The van der Waals surface area contributed by atoms with Crippen LogP contribution < -0.4 is 15.4 Å². The van der Waals surface area contributed by atoms with Crippen LogP contribution in [0.15, 0.2) is 18.3 Å². The van der Waals surface area contributed by atoms with Crippen molar-refractivity contribution in [2.75, 3.05) is 31.2 Å². The summed E-state index contributed by atoms with van der Waals surface area (Å²) in [7, 11) is -1.98.